The van der Waals surface area contributed by atoms with E-state index in [-0.39, 0.29) is 17.5 Å². The first kappa shape index (κ1) is 16.6. The number of alkyl halides is 3. The molecule has 0 aliphatic rings. The van der Waals surface area contributed by atoms with Crippen molar-refractivity contribution < 1.29 is 22.3 Å². The van der Waals surface area contributed by atoms with Crippen molar-refractivity contribution in [2.45, 2.75) is 6.36 Å². The van der Waals surface area contributed by atoms with E-state index in [1.165, 1.54) is 18.2 Å². The smallest absolute Gasteiger partial charge is 0.416 e. The van der Waals surface area contributed by atoms with Gasteiger partial charge >= 0.3 is 6.36 Å². The summed E-state index contributed by atoms with van der Waals surface area (Å²) in [6, 6.07) is 9.84. The Morgan fingerprint density at radius 2 is 1.58 bits per heavy atom. The molecule has 3 rings (SSSR count). The molecule has 3 aromatic rings. The van der Waals surface area contributed by atoms with Crippen LogP contribution in [0.3, 0.4) is 0 Å². The largest absolute Gasteiger partial charge is 0.573 e. The van der Waals surface area contributed by atoms with Crippen LogP contribution in [0.5, 0.6) is 5.75 Å². The Kier molecular flexibility index (Phi) is 4.38. The molecule has 2 aromatic carbocycles. The highest BCUT2D eigenvalue weighted by molar-refractivity contribution is 6.36. The number of halogens is 5. The minimum Gasteiger partial charge on any atom is -0.416 e. The molecule has 0 spiro atoms. The van der Waals surface area contributed by atoms with Gasteiger partial charge in [-0.25, -0.2) is 0 Å². The number of benzene rings is 2. The fraction of sp³-hybridized carbons (Fsp3) is 0.0667. The van der Waals surface area contributed by atoms with Crippen LogP contribution in [0.4, 0.5) is 13.2 Å². The third kappa shape index (κ3) is 3.80. The maximum absolute atomic E-state index is 12.1. The van der Waals surface area contributed by atoms with Gasteiger partial charge < -0.3 is 9.15 Å². The van der Waals surface area contributed by atoms with Gasteiger partial charge in [-0.3, -0.25) is 0 Å². The van der Waals surface area contributed by atoms with Crippen LogP contribution in [0.25, 0.3) is 22.9 Å². The van der Waals surface area contributed by atoms with Gasteiger partial charge in [-0.1, -0.05) is 23.2 Å². The van der Waals surface area contributed by atoms with E-state index in [4.69, 9.17) is 27.6 Å². The van der Waals surface area contributed by atoms with E-state index >= 15 is 0 Å². The second-order valence-corrected chi connectivity index (χ2v) is 5.45. The summed E-state index contributed by atoms with van der Waals surface area (Å²) in [5.74, 6) is -0.0383. The number of hydrogen-bond donors (Lipinski definition) is 0. The zero-order valence-corrected chi connectivity index (χ0v) is 13.2. The molecule has 0 N–H and O–H groups in total. The van der Waals surface area contributed by atoms with Crippen LogP contribution in [-0.4, -0.2) is 16.6 Å². The molecule has 24 heavy (non-hydrogen) atoms. The van der Waals surface area contributed by atoms with E-state index in [0.717, 1.165) is 12.1 Å². The van der Waals surface area contributed by atoms with Crippen LogP contribution in [0.2, 0.25) is 10.0 Å². The van der Waals surface area contributed by atoms with Gasteiger partial charge in [-0.15, -0.1) is 23.4 Å². The van der Waals surface area contributed by atoms with E-state index in [1.807, 2.05) is 0 Å². The molecule has 0 atom stereocenters. The molecule has 0 amide bonds. The maximum atomic E-state index is 12.1. The first-order valence-corrected chi connectivity index (χ1v) is 7.22. The third-order valence-corrected chi connectivity index (χ3v) is 3.47. The van der Waals surface area contributed by atoms with Crippen LogP contribution in [0, 0.1) is 0 Å². The third-order valence-electron chi connectivity index (χ3n) is 2.92. The first-order valence-electron chi connectivity index (χ1n) is 6.47. The Morgan fingerprint density at radius 3 is 2.21 bits per heavy atom. The molecule has 0 aliphatic carbocycles. The predicted molar refractivity (Wildman–Crippen MR) is 81.9 cm³/mol. The van der Waals surface area contributed by atoms with Crippen LogP contribution in [0.15, 0.2) is 46.9 Å². The van der Waals surface area contributed by atoms with Crippen LogP contribution < -0.4 is 4.74 Å². The highest BCUT2D eigenvalue weighted by Gasteiger charge is 2.31. The SMILES string of the molecule is FC(F)(F)Oc1ccc(-c2nnc(-c3ccc(Cl)cc3Cl)o2)cc1. The number of hydrogen-bond acceptors (Lipinski definition) is 4. The zero-order valence-electron chi connectivity index (χ0n) is 11.6. The summed E-state index contributed by atoms with van der Waals surface area (Å²) in [4.78, 5) is 0. The van der Waals surface area contributed by atoms with Crippen molar-refractivity contribution in [2.24, 2.45) is 0 Å². The molecule has 1 heterocycles. The van der Waals surface area contributed by atoms with Gasteiger partial charge in [0.1, 0.15) is 5.75 Å². The van der Waals surface area contributed by atoms with Crippen molar-refractivity contribution in [3.05, 3.63) is 52.5 Å². The van der Waals surface area contributed by atoms with E-state index in [0.29, 0.717) is 21.2 Å². The van der Waals surface area contributed by atoms with Crippen molar-refractivity contribution in [3.8, 4) is 28.7 Å². The number of aromatic nitrogens is 2. The number of ether oxygens (including phenoxy) is 1. The van der Waals surface area contributed by atoms with Crippen molar-refractivity contribution in [2.75, 3.05) is 0 Å². The monoisotopic (exact) mass is 374 g/mol. The Balaban J connectivity index is 1.85. The van der Waals surface area contributed by atoms with Gasteiger partial charge in [0.05, 0.1) is 10.6 Å². The van der Waals surface area contributed by atoms with E-state index < -0.39 is 6.36 Å². The first-order chi connectivity index (χ1) is 11.3. The molecule has 0 fully saturated rings. The molecule has 124 valence electrons. The van der Waals surface area contributed by atoms with Gasteiger partial charge in [0, 0.05) is 10.6 Å². The van der Waals surface area contributed by atoms with Crippen LogP contribution >= 0.6 is 23.2 Å². The predicted octanol–water partition coefficient (Wildman–Crippen LogP) is 5.61. The van der Waals surface area contributed by atoms with Gasteiger partial charge in [0.15, 0.2) is 0 Å². The normalized spacial score (nSPS) is 11.5. The van der Waals surface area contributed by atoms with Gasteiger partial charge in [0.2, 0.25) is 11.8 Å². The Bertz CT molecular complexity index is 864. The summed E-state index contributed by atoms with van der Waals surface area (Å²) in [5.41, 5.74) is 0.935. The van der Waals surface area contributed by atoms with Crippen molar-refractivity contribution >= 4 is 23.2 Å². The van der Waals surface area contributed by atoms with Gasteiger partial charge in [-0.2, -0.15) is 0 Å². The number of nitrogens with zero attached hydrogens (tertiary/aromatic N) is 2. The molecular formula is C15H7Cl2F3N2O2. The van der Waals surface area contributed by atoms with E-state index in [1.54, 1.807) is 12.1 Å². The van der Waals surface area contributed by atoms with Crippen LogP contribution in [-0.2, 0) is 0 Å². The molecule has 0 aliphatic heterocycles. The summed E-state index contributed by atoms with van der Waals surface area (Å²) in [6.45, 7) is 0. The average molecular weight is 375 g/mol. The Hall–Kier alpha value is -2.25. The Morgan fingerprint density at radius 1 is 0.917 bits per heavy atom. The molecule has 0 saturated heterocycles. The lowest BCUT2D eigenvalue weighted by Crippen LogP contribution is -2.16. The van der Waals surface area contributed by atoms with Crippen molar-refractivity contribution in [1.29, 1.82) is 0 Å². The van der Waals surface area contributed by atoms with E-state index in [2.05, 4.69) is 14.9 Å². The Labute approximate surface area is 143 Å². The molecule has 4 nitrogen and oxygen atoms in total. The summed E-state index contributed by atoms with van der Waals surface area (Å²) in [6.07, 6.45) is -4.75. The summed E-state index contributed by atoms with van der Waals surface area (Å²) in [5, 5.41) is 8.54. The molecule has 0 bridgehead atoms. The van der Waals surface area contributed by atoms with Crippen molar-refractivity contribution in [1.82, 2.24) is 10.2 Å². The maximum Gasteiger partial charge on any atom is 0.573 e. The molecule has 0 saturated carbocycles. The second kappa shape index (κ2) is 6.33. The van der Waals surface area contributed by atoms with Gasteiger partial charge in [-0.05, 0) is 42.5 Å². The number of rotatable bonds is 3. The van der Waals surface area contributed by atoms with Crippen LogP contribution in [0.1, 0.15) is 0 Å². The molecule has 1 aromatic heterocycles. The fourth-order valence-electron chi connectivity index (χ4n) is 1.91. The highest BCUT2D eigenvalue weighted by atomic mass is 35.5. The molecule has 0 radical (unpaired) electrons. The minimum absolute atomic E-state index is 0.134. The summed E-state index contributed by atoms with van der Waals surface area (Å²) >= 11 is 11.9. The molecule has 9 heteroatoms. The van der Waals surface area contributed by atoms with E-state index in [9.17, 15) is 13.2 Å². The topological polar surface area (TPSA) is 48.2 Å². The summed E-state index contributed by atoms with van der Waals surface area (Å²) < 4.78 is 45.7. The average Bonchev–Trinajstić information content (AvgIpc) is 2.96. The molecule has 0 unspecified atom stereocenters. The standard InChI is InChI=1S/C15H7Cl2F3N2O2/c16-9-3-6-11(12(17)7-9)14-22-21-13(23-14)8-1-4-10(5-2-8)24-15(18,19)20/h1-7H. The highest BCUT2D eigenvalue weighted by Crippen LogP contribution is 2.32. The zero-order chi connectivity index (χ0) is 17.3. The molecular weight excluding hydrogens is 368 g/mol. The second-order valence-electron chi connectivity index (χ2n) is 4.61. The quantitative estimate of drug-likeness (QED) is 0.597. The fourth-order valence-corrected chi connectivity index (χ4v) is 2.40. The van der Waals surface area contributed by atoms with Gasteiger partial charge in [0.25, 0.3) is 0 Å². The minimum atomic E-state index is -4.75. The van der Waals surface area contributed by atoms with Crippen molar-refractivity contribution in [3.63, 3.8) is 0 Å². The summed E-state index contributed by atoms with van der Waals surface area (Å²) in [7, 11) is 0. The lowest BCUT2D eigenvalue weighted by molar-refractivity contribution is -0.274. The lowest BCUT2D eigenvalue weighted by Gasteiger charge is -2.08. The lowest BCUT2D eigenvalue weighted by atomic mass is 10.2.